The summed E-state index contributed by atoms with van der Waals surface area (Å²) in [6.07, 6.45) is 0.276. The summed E-state index contributed by atoms with van der Waals surface area (Å²) in [6.45, 7) is 3.53. The third kappa shape index (κ3) is 3.87. The van der Waals surface area contributed by atoms with Crippen LogP contribution in [-0.4, -0.2) is 36.9 Å². The number of hydrogen-bond acceptors (Lipinski definition) is 3. The fourth-order valence-corrected chi connectivity index (χ4v) is 3.34. The molecule has 0 radical (unpaired) electrons. The average Bonchev–Trinajstić information content (AvgIpc) is 3.04. The maximum absolute atomic E-state index is 12.9. The molecule has 0 saturated carbocycles. The summed E-state index contributed by atoms with van der Waals surface area (Å²) in [7, 11) is 1.63. The molecule has 2 aromatic carbocycles. The Morgan fingerprint density at radius 1 is 1.15 bits per heavy atom. The van der Waals surface area contributed by atoms with Crippen LogP contribution in [0.25, 0.3) is 0 Å². The summed E-state index contributed by atoms with van der Waals surface area (Å²) >= 11 is 0. The molecular weight excluding hydrogens is 328 g/mol. The summed E-state index contributed by atoms with van der Waals surface area (Å²) in [6, 6.07) is 17.3. The van der Waals surface area contributed by atoms with E-state index in [4.69, 9.17) is 4.74 Å². The molecule has 2 aromatic rings. The number of methoxy groups -OCH3 is 1. The van der Waals surface area contributed by atoms with Gasteiger partial charge in [-0.1, -0.05) is 30.3 Å². The lowest BCUT2D eigenvalue weighted by Crippen LogP contribution is -2.37. The van der Waals surface area contributed by atoms with E-state index < -0.39 is 0 Å². The van der Waals surface area contributed by atoms with Crippen LogP contribution in [0.4, 0.5) is 5.69 Å². The van der Waals surface area contributed by atoms with Crippen LogP contribution in [0.3, 0.4) is 0 Å². The van der Waals surface area contributed by atoms with Crippen molar-refractivity contribution in [1.29, 1.82) is 0 Å². The van der Waals surface area contributed by atoms with Crippen molar-refractivity contribution in [3.63, 3.8) is 0 Å². The van der Waals surface area contributed by atoms with Gasteiger partial charge in [-0.25, -0.2) is 0 Å². The first-order valence-corrected chi connectivity index (χ1v) is 8.89. The lowest BCUT2D eigenvalue weighted by Gasteiger charge is -2.24. The molecule has 1 heterocycles. The van der Waals surface area contributed by atoms with Crippen LogP contribution < -0.4 is 9.64 Å². The molecule has 0 aliphatic carbocycles. The Bertz CT molecular complexity index is 759. The highest BCUT2D eigenvalue weighted by Crippen LogP contribution is 2.25. The SMILES string of the molecule is CCN(C(=O)C1CC(=O)N(Cc2ccc(OC)cc2)C1)c1ccccc1. The first-order valence-electron chi connectivity index (χ1n) is 8.89. The van der Waals surface area contributed by atoms with Gasteiger partial charge < -0.3 is 14.5 Å². The maximum Gasteiger partial charge on any atom is 0.232 e. The van der Waals surface area contributed by atoms with Crippen molar-refractivity contribution in [2.24, 2.45) is 5.92 Å². The van der Waals surface area contributed by atoms with Crippen molar-refractivity contribution in [1.82, 2.24) is 4.90 Å². The van der Waals surface area contributed by atoms with E-state index in [1.807, 2.05) is 61.5 Å². The summed E-state index contributed by atoms with van der Waals surface area (Å²) < 4.78 is 5.16. The predicted octanol–water partition coefficient (Wildman–Crippen LogP) is 3.10. The number of nitrogens with zero attached hydrogens (tertiary/aromatic N) is 2. The first kappa shape index (κ1) is 18.0. The van der Waals surface area contributed by atoms with E-state index in [-0.39, 0.29) is 24.2 Å². The minimum Gasteiger partial charge on any atom is -0.497 e. The van der Waals surface area contributed by atoms with E-state index in [9.17, 15) is 9.59 Å². The van der Waals surface area contributed by atoms with E-state index >= 15 is 0 Å². The van der Waals surface area contributed by atoms with Crippen LogP contribution >= 0.6 is 0 Å². The van der Waals surface area contributed by atoms with E-state index in [1.165, 1.54) is 0 Å². The molecule has 0 bridgehead atoms. The van der Waals surface area contributed by atoms with Gasteiger partial charge in [0.2, 0.25) is 11.8 Å². The molecule has 1 saturated heterocycles. The van der Waals surface area contributed by atoms with E-state index in [1.54, 1.807) is 16.9 Å². The molecule has 1 fully saturated rings. The topological polar surface area (TPSA) is 49.9 Å². The van der Waals surface area contributed by atoms with Gasteiger partial charge in [-0.2, -0.15) is 0 Å². The summed E-state index contributed by atoms with van der Waals surface area (Å²) in [5.74, 6) is 0.546. The van der Waals surface area contributed by atoms with E-state index in [2.05, 4.69) is 0 Å². The van der Waals surface area contributed by atoms with Gasteiger partial charge in [0.1, 0.15) is 5.75 Å². The molecule has 5 heteroatoms. The molecule has 136 valence electrons. The largest absolute Gasteiger partial charge is 0.497 e. The Labute approximate surface area is 154 Å². The number of ether oxygens (including phenoxy) is 1. The summed E-state index contributed by atoms with van der Waals surface area (Å²) in [5, 5.41) is 0. The highest BCUT2D eigenvalue weighted by Gasteiger charge is 2.36. The van der Waals surface area contributed by atoms with Crippen molar-refractivity contribution in [2.45, 2.75) is 19.9 Å². The average molecular weight is 352 g/mol. The number of benzene rings is 2. The van der Waals surface area contributed by atoms with Crippen molar-refractivity contribution in [3.05, 3.63) is 60.2 Å². The zero-order chi connectivity index (χ0) is 18.5. The molecular formula is C21H24N2O3. The normalized spacial score (nSPS) is 16.6. The quantitative estimate of drug-likeness (QED) is 0.803. The number of rotatable bonds is 6. The number of carbonyl (C=O) groups excluding carboxylic acids is 2. The fourth-order valence-electron chi connectivity index (χ4n) is 3.34. The standard InChI is InChI=1S/C21H24N2O3/c1-3-23(18-7-5-4-6-8-18)21(25)17-13-20(24)22(15-17)14-16-9-11-19(26-2)12-10-16/h4-12,17H,3,13-15H2,1-2H3. The smallest absolute Gasteiger partial charge is 0.232 e. The molecule has 1 atom stereocenters. The molecule has 0 aromatic heterocycles. The zero-order valence-corrected chi connectivity index (χ0v) is 15.2. The second kappa shape index (κ2) is 8.04. The molecule has 3 rings (SSSR count). The number of carbonyl (C=O) groups is 2. The van der Waals surface area contributed by atoms with E-state index in [0.717, 1.165) is 17.0 Å². The maximum atomic E-state index is 12.9. The molecule has 0 N–H and O–H groups in total. The van der Waals surface area contributed by atoms with Gasteiger partial charge in [-0.3, -0.25) is 9.59 Å². The third-order valence-corrected chi connectivity index (χ3v) is 4.75. The Hall–Kier alpha value is -2.82. The van der Waals surface area contributed by atoms with Crippen molar-refractivity contribution >= 4 is 17.5 Å². The molecule has 2 amide bonds. The van der Waals surface area contributed by atoms with Crippen molar-refractivity contribution in [3.8, 4) is 5.75 Å². The van der Waals surface area contributed by atoms with Crippen LogP contribution in [0.2, 0.25) is 0 Å². The zero-order valence-electron chi connectivity index (χ0n) is 15.2. The Morgan fingerprint density at radius 2 is 1.85 bits per heavy atom. The fraction of sp³-hybridized carbons (Fsp3) is 0.333. The lowest BCUT2D eigenvalue weighted by molar-refractivity contribution is -0.128. The summed E-state index contributed by atoms with van der Waals surface area (Å²) in [4.78, 5) is 28.9. The van der Waals surface area contributed by atoms with Gasteiger partial charge in [0.15, 0.2) is 0 Å². The minimum atomic E-state index is -0.291. The number of likely N-dealkylation sites (tertiary alicyclic amines) is 1. The number of anilines is 1. The Kier molecular flexibility index (Phi) is 5.56. The molecule has 5 nitrogen and oxygen atoms in total. The lowest BCUT2D eigenvalue weighted by atomic mass is 10.1. The molecule has 1 aliphatic heterocycles. The van der Waals surface area contributed by atoms with Gasteiger partial charge in [-0.05, 0) is 36.8 Å². The van der Waals surface area contributed by atoms with Crippen molar-refractivity contribution in [2.75, 3.05) is 25.1 Å². The second-order valence-electron chi connectivity index (χ2n) is 6.44. The number of para-hydroxylation sites is 1. The van der Waals surface area contributed by atoms with Gasteiger partial charge >= 0.3 is 0 Å². The van der Waals surface area contributed by atoms with E-state index in [0.29, 0.717) is 19.6 Å². The molecule has 0 spiro atoms. The van der Waals surface area contributed by atoms with Crippen molar-refractivity contribution < 1.29 is 14.3 Å². The van der Waals surface area contributed by atoms with Crippen LogP contribution in [0.1, 0.15) is 18.9 Å². The van der Waals surface area contributed by atoms with Gasteiger partial charge in [0, 0.05) is 31.7 Å². The third-order valence-electron chi connectivity index (χ3n) is 4.75. The number of hydrogen-bond donors (Lipinski definition) is 0. The Balaban J connectivity index is 1.67. The molecule has 1 unspecified atom stereocenters. The van der Waals surface area contributed by atoms with Gasteiger partial charge in [0.05, 0.1) is 13.0 Å². The monoisotopic (exact) mass is 352 g/mol. The number of amides is 2. The minimum absolute atomic E-state index is 0.0179. The van der Waals surface area contributed by atoms with Gasteiger partial charge in [-0.15, -0.1) is 0 Å². The predicted molar refractivity (Wildman–Crippen MR) is 101 cm³/mol. The second-order valence-corrected chi connectivity index (χ2v) is 6.44. The Morgan fingerprint density at radius 3 is 2.46 bits per heavy atom. The first-order chi connectivity index (χ1) is 12.6. The van der Waals surface area contributed by atoms with Crippen LogP contribution in [0, 0.1) is 5.92 Å². The molecule has 26 heavy (non-hydrogen) atoms. The van der Waals surface area contributed by atoms with Crippen LogP contribution in [0.15, 0.2) is 54.6 Å². The van der Waals surface area contributed by atoms with Crippen LogP contribution in [-0.2, 0) is 16.1 Å². The molecule has 1 aliphatic rings. The highest BCUT2D eigenvalue weighted by molar-refractivity contribution is 5.99. The highest BCUT2D eigenvalue weighted by atomic mass is 16.5. The van der Waals surface area contributed by atoms with Gasteiger partial charge in [0.25, 0.3) is 0 Å². The summed E-state index contributed by atoms with van der Waals surface area (Å²) in [5.41, 5.74) is 1.91. The van der Waals surface area contributed by atoms with Crippen LogP contribution in [0.5, 0.6) is 5.75 Å².